The minimum atomic E-state index is -3.63. The van der Waals surface area contributed by atoms with Gasteiger partial charge >= 0.3 is 0 Å². The lowest BCUT2D eigenvalue weighted by Gasteiger charge is -2.26. The summed E-state index contributed by atoms with van der Waals surface area (Å²) in [6.45, 7) is 5.77. The van der Waals surface area contributed by atoms with Crippen molar-refractivity contribution < 1.29 is 22.7 Å². The van der Waals surface area contributed by atoms with Crippen molar-refractivity contribution in [3.63, 3.8) is 0 Å². The van der Waals surface area contributed by atoms with Crippen molar-refractivity contribution in [3.05, 3.63) is 18.2 Å². The Kier molecular flexibility index (Phi) is 7.86. The van der Waals surface area contributed by atoms with E-state index in [2.05, 4.69) is 12.2 Å². The lowest BCUT2D eigenvalue weighted by atomic mass is 10.2. The maximum absolute atomic E-state index is 12.8. The van der Waals surface area contributed by atoms with Gasteiger partial charge in [0.1, 0.15) is 5.75 Å². The van der Waals surface area contributed by atoms with Crippen LogP contribution < -0.4 is 10.1 Å². The third kappa shape index (κ3) is 5.43. The van der Waals surface area contributed by atoms with Gasteiger partial charge in [0.25, 0.3) is 0 Å². The third-order valence-electron chi connectivity index (χ3n) is 4.14. The maximum Gasteiger partial charge on any atom is 0.243 e. The minimum Gasteiger partial charge on any atom is -0.492 e. The summed E-state index contributed by atoms with van der Waals surface area (Å²) in [4.78, 5) is 12.3. The number of ether oxygens (including phenoxy) is 2. The van der Waals surface area contributed by atoms with Crippen LogP contribution in [0.15, 0.2) is 23.1 Å². The van der Waals surface area contributed by atoms with Crippen LogP contribution in [0.1, 0.15) is 39.5 Å². The molecule has 1 fully saturated rings. The Labute approximate surface area is 155 Å². The van der Waals surface area contributed by atoms with Gasteiger partial charge in [-0.25, -0.2) is 8.42 Å². The number of unbranched alkanes of at least 4 members (excludes halogenated alkanes) is 2. The van der Waals surface area contributed by atoms with Crippen LogP contribution in [0.25, 0.3) is 0 Å². The van der Waals surface area contributed by atoms with Crippen LogP contribution in [0, 0.1) is 0 Å². The van der Waals surface area contributed by atoms with Crippen LogP contribution in [0.4, 0.5) is 5.69 Å². The highest BCUT2D eigenvalue weighted by Crippen LogP contribution is 2.29. The fraction of sp³-hybridized carbons (Fsp3) is 0.611. The zero-order valence-electron chi connectivity index (χ0n) is 15.5. The van der Waals surface area contributed by atoms with E-state index >= 15 is 0 Å². The highest BCUT2D eigenvalue weighted by atomic mass is 32.2. The summed E-state index contributed by atoms with van der Waals surface area (Å²) in [5.74, 6) is 0.331. The van der Waals surface area contributed by atoms with E-state index in [1.807, 2.05) is 6.92 Å². The molecule has 0 aliphatic carbocycles. The van der Waals surface area contributed by atoms with Gasteiger partial charge in [-0.3, -0.25) is 4.79 Å². The monoisotopic (exact) mass is 384 g/mol. The molecule has 0 radical (unpaired) electrons. The highest BCUT2D eigenvalue weighted by molar-refractivity contribution is 7.89. The lowest BCUT2D eigenvalue weighted by molar-refractivity contribution is -0.116. The average molecular weight is 384 g/mol. The molecule has 0 spiro atoms. The molecule has 0 aromatic heterocycles. The Hall–Kier alpha value is -1.64. The first-order chi connectivity index (χ1) is 12.5. The van der Waals surface area contributed by atoms with Crippen molar-refractivity contribution >= 4 is 21.6 Å². The number of carbonyl (C=O) groups is 1. The Morgan fingerprint density at radius 1 is 1.23 bits per heavy atom. The predicted molar refractivity (Wildman–Crippen MR) is 100.0 cm³/mol. The molecule has 7 nitrogen and oxygen atoms in total. The second-order valence-corrected chi connectivity index (χ2v) is 8.05. The molecule has 1 N–H and O–H groups in total. The zero-order valence-corrected chi connectivity index (χ0v) is 16.3. The molecule has 1 saturated heterocycles. The molecule has 0 atom stereocenters. The first kappa shape index (κ1) is 20.7. The Morgan fingerprint density at radius 3 is 2.62 bits per heavy atom. The molecule has 2 rings (SSSR count). The van der Waals surface area contributed by atoms with Gasteiger partial charge in [0, 0.05) is 19.5 Å². The predicted octanol–water partition coefficient (Wildman–Crippen LogP) is 2.63. The van der Waals surface area contributed by atoms with Crippen molar-refractivity contribution in [3.8, 4) is 5.75 Å². The summed E-state index contributed by atoms with van der Waals surface area (Å²) in [7, 11) is -3.63. The van der Waals surface area contributed by atoms with Crippen LogP contribution in [0.3, 0.4) is 0 Å². The molecule has 1 aliphatic heterocycles. The molecule has 1 aliphatic rings. The van der Waals surface area contributed by atoms with Crippen LogP contribution >= 0.6 is 0 Å². The Morgan fingerprint density at radius 2 is 1.96 bits per heavy atom. The van der Waals surface area contributed by atoms with E-state index in [1.165, 1.54) is 16.4 Å². The fourth-order valence-electron chi connectivity index (χ4n) is 2.73. The number of morpholine rings is 1. The zero-order chi connectivity index (χ0) is 19.0. The lowest BCUT2D eigenvalue weighted by Crippen LogP contribution is -2.40. The van der Waals surface area contributed by atoms with E-state index in [9.17, 15) is 13.2 Å². The molecular formula is C18H28N2O5S. The number of anilines is 1. The van der Waals surface area contributed by atoms with Crippen molar-refractivity contribution in [1.82, 2.24) is 4.31 Å². The summed E-state index contributed by atoms with van der Waals surface area (Å²) in [5, 5.41) is 2.80. The SMILES string of the molecule is CCCCCC(=O)Nc1cc(S(=O)(=O)N2CCOCC2)ccc1OCC. The van der Waals surface area contributed by atoms with E-state index in [1.54, 1.807) is 6.07 Å². The number of benzene rings is 1. The molecule has 0 saturated carbocycles. The first-order valence-corrected chi connectivity index (χ1v) is 10.6. The van der Waals surface area contributed by atoms with Gasteiger partial charge in [0.2, 0.25) is 15.9 Å². The van der Waals surface area contributed by atoms with Gasteiger partial charge in [0.05, 0.1) is 30.4 Å². The van der Waals surface area contributed by atoms with Gasteiger partial charge in [-0.05, 0) is 31.5 Å². The first-order valence-electron chi connectivity index (χ1n) is 9.13. The van der Waals surface area contributed by atoms with Gasteiger partial charge in [-0.15, -0.1) is 0 Å². The summed E-state index contributed by atoms with van der Waals surface area (Å²) >= 11 is 0. The van der Waals surface area contributed by atoms with Gasteiger partial charge < -0.3 is 14.8 Å². The van der Waals surface area contributed by atoms with Crippen molar-refractivity contribution in [2.24, 2.45) is 0 Å². The number of rotatable bonds is 9. The smallest absolute Gasteiger partial charge is 0.243 e. The average Bonchev–Trinajstić information content (AvgIpc) is 2.64. The van der Waals surface area contributed by atoms with Crippen LogP contribution in [0.5, 0.6) is 5.75 Å². The number of sulfonamides is 1. The molecule has 1 heterocycles. The number of nitrogens with zero attached hydrogens (tertiary/aromatic N) is 1. The molecule has 1 aromatic rings. The number of carbonyl (C=O) groups excluding carboxylic acids is 1. The third-order valence-corrected chi connectivity index (χ3v) is 6.03. The number of nitrogens with one attached hydrogen (secondary N) is 1. The van der Waals surface area contributed by atoms with E-state index in [4.69, 9.17) is 9.47 Å². The molecule has 146 valence electrons. The second-order valence-electron chi connectivity index (χ2n) is 6.11. The summed E-state index contributed by atoms with van der Waals surface area (Å²) in [6, 6.07) is 4.59. The van der Waals surface area contributed by atoms with Gasteiger partial charge in [0.15, 0.2) is 0 Å². The quantitative estimate of drug-likeness (QED) is 0.662. The summed E-state index contributed by atoms with van der Waals surface area (Å²) < 4.78 is 37.8. The largest absolute Gasteiger partial charge is 0.492 e. The van der Waals surface area contributed by atoms with E-state index in [0.717, 1.165) is 19.3 Å². The van der Waals surface area contributed by atoms with Crippen LogP contribution in [-0.2, 0) is 19.6 Å². The molecule has 8 heteroatoms. The highest BCUT2D eigenvalue weighted by Gasteiger charge is 2.27. The van der Waals surface area contributed by atoms with Crippen molar-refractivity contribution in [2.45, 2.75) is 44.4 Å². The van der Waals surface area contributed by atoms with E-state index in [0.29, 0.717) is 50.8 Å². The van der Waals surface area contributed by atoms with Gasteiger partial charge in [-0.1, -0.05) is 19.8 Å². The Balaban J connectivity index is 2.22. The van der Waals surface area contributed by atoms with E-state index < -0.39 is 10.0 Å². The van der Waals surface area contributed by atoms with Crippen LogP contribution in [-0.4, -0.2) is 51.5 Å². The fourth-order valence-corrected chi connectivity index (χ4v) is 4.17. The topological polar surface area (TPSA) is 84.9 Å². The number of hydrogen-bond donors (Lipinski definition) is 1. The minimum absolute atomic E-state index is 0.139. The molecule has 26 heavy (non-hydrogen) atoms. The molecular weight excluding hydrogens is 356 g/mol. The van der Waals surface area contributed by atoms with Crippen molar-refractivity contribution in [2.75, 3.05) is 38.2 Å². The van der Waals surface area contributed by atoms with Crippen molar-refractivity contribution in [1.29, 1.82) is 0 Å². The van der Waals surface area contributed by atoms with Gasteiger partial charge in [-0.2, -0.15) is 4.31 Å². The second kappa shape index (κ2) is 9.89. The summed E-state index contributed by atoms with van der Waals surface area (Å²) in [6.07, 6.45) is 3.22. The molecule has 0 unspecified atom stereocenters. The molecule has 1 amide bonds. The normalized spacial score (nSPS) is 15.6. The number of hydrogen-bond acceptors (Lipinski definition) is 5. The standard InChI is InChI=1S/C18H28N2O5S/c1-3-5-6-7-18(21)19-16-14-15(8-9-17(16)25-4-2)26(22,23)20-10-12-24-13-11-20/h8-9,14H,3-7,10-13H2,1-2H3,(H,19,21). The Bertz CT molecular complexity index is 700. The molecule has 1 aromatic carbocycles. The van der Waals surface area contributed by atoms with Crippen LogP contribution in [0.2, 0.25) is 0 Å². The molecule has 0 bridgehead atoms. The van der Waals surface area contributed by atoms with E-state index in [-0.39, 0.29) is 10.8 Å². The maximum atomic E-state index is 12.8. The number of amides is 1. The summed E-state index contributed by atoms with van der Waals surface area (Å²) in [5.41, 5.74) is 0.391.